The normalized spacial score (nSPS) is 34.3. The van der Waals surface area contributed by atoms with Crippen LogP contribution in [-0.2, 0) is 10.5 Å². The van der Waals surface area contributed by atoms with Gasteiger partial charge in [-0.2, -0.15) is 0 Å². The van der Waals surface area contributed by atoms with Gasteiger partial charge in [-0.05, 0) is 10.8 Å². The molecule has 5 nitrogen and oxygen atoms in total. The lowest BCUT2D eigenvalue weighted by atomic mass is 9.88. The van der Waals surface area contributed by atoms with Gasteiger partial charge in [0.2, 0.25) is 5.79 Å². The van der Waals surface area contributed by atoms with Crippen molar-refractivity contribution in [1.82, 2.24) is 0 Å². The third-order valence-electron chi connectivity index (χ3n) is 3.77. The highest BCUT2D eigenvalue weighted by molar-refractivity contribution is 5.86. The summed E-state index contributed by atoms with van der Waals surface area (Å²) in [6.45, 7) is -0.252. The molecule has 4 N–H and O–H groups in total. The molecule has 0 aromatic heterocycles. The molecule has 0 spiro atoms. The second-order valence-corrected chi connectivity index (χ2v) is 5.04. The predicted octanol–water partition coefficient (Wildman–Crippen LogP) is 0.0978. The molecule has 1 aliphatic rings. The molecule has 106 valence electrons. The lowest BCUT2D eigenvalue weighted by Gasteiger charge is -2.42. The molecule has 1 saturated heterocycles. The second-order valence-electron chi connectivity index (χ2n) is 5.04. The van der Waals surface area contributed by atoms with Crippen LogP contribution in [0.2, 0.25) is 0 Å². The van der Waals surface area contributed by atoms with Crippen molar-refractivity contribution in [2.24, 2.45) is 0 Å². The van der Waals surface area contributed by atoms with E-state index in [1.54, 1.807) is 18.2 Å². The van der Waals surface area contributed by atoms with Crippen LogP contribution in [0.5, 0.6) is 0 Å². The minimum atomic E-state index is -2.04. The quantitative estimate of drug-likeness (QED) is 0.593. The number of benzene rings is 2. The molecule has 1 fully saturated rings. The monoisotopic (exact) mass is 276 g/mol. The first-order valence-electron chi connectivity index (χ1n) is 6.43. The van der Waals surface area contributed by atoms with Crippen molar-refractivity contribution in [3.63, 3.8) is 0 Å². The maximum absolute atomic E-state index is 10.7. The van der Waals surface area contributed by atoms with Crippen LogP contribution in [0.25, 0.3) is 10.8 Å². The Morgan fingerprint density at radius 2 is 1.70 bits per heavy atom. The predicted molar refractivity (Wildman–Crippen MR) is 71.8 cm³/mol. The SMILES string of the molecule is O[C@H]1[C@H](O)COC(O)(c2cccc3ccccc23)[C@@H]1O. The minimum absolute atomic E-state index is 0.252. The summed E-state index contributed by atoms with van der Waals surface area (Å²) in [4.78, 5) is 0. The lowest BCUT2D eigenvalue weighted by molar-refractivity contribution is -0.329. The summed E-state index contributed by atoms with van der Waals surface area (Å²) in [6, 6.07) is 12.6. The van der Waals surface area contributed by atoms with Crippen LogP contribution in [0.15, 0.2) is 42.5 Å². The number of hydrogen-bond acceptors (Lipinski definition) is 5. The van der Waals surface area contributed by atoms with Crippen molar-refractivity contribution >= 4 is 10.8 Å². The molecule has 1 aliphatic heterocycles. The zero-order valence-corrected chi connectivity index (χ0v) is 10.7. The summed E-state index contributed by atoms with van der Waals surface area (Å²) in [5, 5.41) is 41.6. The van der Waals surface area contributed by atoms with Crippen LogP contribution in [0.4, 0.5) is 0 Å². The Labute approximate surface area is 115 Å². The van der Waals surface area contributed by atoms with Crippen LogP contribution in [0.3, 0.4) is 0 Å². The van der Waals surface area contributed by atoms with Gasteiger partial charge in [0, 0.05) is 5.56 Å². The number of rotatable bonds is 1. The molecule has 0 saturated carbocycles. The molecule has 2 aromatic rings. The number of ether oxygens (including phenoxy) is 1. The van der Waals surface area contributed by atoms with Crippen molar-refractivity contribution in [3.05, 3.63) is 48.0 Å². The van der Waals surface area contributed by atoms with Crippen LogP contribution >= 0.6 is 0 Å². The van der Waals surface area contributed by atoms with Crippen LogP contribution < -0.4 is 0 Å². The summed E-state index contributed by atoms with van der Waals surface area (Å²) in [6.07, 6.45) is -4.31. The van der Waals surface area contributed by atoms with Crippen molar-refractivity contribution in [3.8, 4) is 0 Å². The van der Waals surface area contributed by atoms with Crippen molar-refractivity contribution < 1.29 is 25.2 Å². The average molecular weight is 276 g/mol. The molecule has 2 aromatic carbocycles. The molecule has 4 atom stereocenters. The first-order valence-corrected chi connectivity index (χ1v) is 6.43. The van der Waals surface area contributed by atoms with E-state index in [2.05, 4.69) is 0 Å². The van der Waals surface area contributed by atoms with Gasteiger partial charge < -0.3 is 25.2 Å². The van der Waals surface area contributed by atoms with E-state index in [0.717, 1.165) is 10.8 Å². The molecule has 0 bridgehead atoms. The molecule has 20 heavy (non-hydrogen) atoms. The maximum atomic E-state index is 10.7. The fourth-order valence-corrected chi connectivity index (χ4v) is 2.61. The van der Waals surface area contributed by atoms with Crippen molar-refractivity contribution in [2.75, 3.05) is 6.61 Å². The summed E-state index contributed by atoms with van der Waals surface area (Å²) < 4.78 is 5.25. The summed E-state index contributed by atoms with van der Waals surface area (Å²) in [5.74, 6) is -2.04. The molecule has 1 unspecified atom stereocenters. The Balaban J connectivity index is 2.14. The highest BCUT2D eigenvalue weighted by Crippen LogP contribution is 2.37. The molecule has 1 heterocycles. The second kappa shape index (κ2) is 4.80. The summed E-state index contributed by atoms with van der Waals surface area (Å²) in [7, 11) is 0. The van der Waals surface area contributed by atoms with E-state index in [9.17, 15) is 20.4 Å². The van der Waals surface area contributed by atoms with Crippen LogP contribution in [-0.4, -0.2) is 45.3 Å². The van der Waals surface area contributed by atoms with Gasteiger partial charge in [-0.1, -0.05) is 42.5 Å². The van der Waals surface area contributed by atoms with Gasteiger partial charge in [0.25, 0.3) is 0 Å². The van der Waals surface area contributed by atoms with Gasteiger partial charge in [0.1, 0.15) is 18.3 Å². The Hall–Kier alpha value is -1.50. The van der Waals surface area contributed by atoms with Gasteiger partial charge in [-0.3, -0.25) is 0 Å². The molecule has 0 aliphatic carbocycles. The van der Waals surface area contributed by atoms with Gasteiger partial charge in [-0.15, -0.1) is 0 Å². The van der Waals surface area contributed by atoms with Crippen molar-refractivity contribution in [1.29, 1.82) is 0 Å². The van der Waals surface area contributed by atoms with E-state index in [1.165, 1.54) is 0 Å². The van der Waals surface area contributed by atoms with E-state index in [0.29, 0.717) is 5.56 Å². The summed E-state index contributed by atoms with van der Waals surface area (Å²) in [5.41, 5.74) is 0.369. The largest absolute Gasteiger partial charge is 0.388 e. The van der Waals surface area contributed by atoms with E-state index in [1.807, 2.05) is 24.3 Å². The topological polar surface area (TPSA) is 90.2 Å². The lowest BCUT2D eigenvalue weighted by Crippen LogP contribution is -2.59. The smallest absolute Gasteiger partial charge is 0.222 e. The van der Waals surface area contributed by atoms with E-state index >= 15 is 0 Å². The molecule has 5 heteroatoms. The Kier molecular flexibility index (Phi) is 3.24. The highest BCUT2D eigenvalue weighted by atomic mass is 16.6. The number of hydrogen-bond donors (Lipinski definition) is 4. The van der Waals surface area contributed by atoms with Gasteiger partial charge in [0.15, 0.2) is 0 Å². The molecule has 0 radical (unpaired) electrons. The van der Waals surface area contributed by atoms with E-state index in [4.69, 9.17) is 4.74 Å². The van der Waals surface area contributed by atoms with Gasteiger partial charge in [-0.25, -0.2) is 0 Å². The molecule has 3 rings (SSSR count). The van der Waals surface area contributed by atoms with Gasteiger partial charge in [0.05, 0.1) is 6.61 Å². The Morgan fingerprint density at radius 1 is 1.00 bits per heavy atom. The zero-order valence-electron chi connectivity index (χ0n) is 10.7. The molecular weight excluding hydrogens is 260 g/mol. The minimum Gasteiger partial charge on any atom is -0.388 e. The molecule has 0 amide bonds. The fourth-order valence-electron chi connectivity index (χ4n) is 2.61. The van der Waals surface area contributed by atoms with Crippen molar-refractivity contribution in [2.45, 2.75) is 24.1 Å². The average Bonchev–Trinajstić information content (AvgIpc) is 2.49. The Morgan fingerprint density at radius 3 is 2.50 bits per heavy atom. The number of aliphatic hydroxyl groups excluding tert-OH is 3. The first kappa shape index (κ1) is 13.5. The summed E-state index contributed by atoms with van der Waals surface area (Å²) >= 11 is 0. The zero-order chi connectivity index (χ0) is 14.3. The number of fused-ring (bicyclic) bond motifs is 1. The highest BCUT2D eigenvalue weighted by Gasteiger charge is 2.50. The van der Waals surface area contributed by atoms with Crippen LogP contribution in [0.1, 0.15) is 5.56 Å². The van der Waals surface area contributed by atoms with Crippen LogP contribution in [0, 0.1) is 0 Å². The fraction of sp³-hybridized carbons (Fsp3) is 0.333. The maximum Gasteiger partial charge on any atom is 0.222 e. The molecular formula is C15H16O5. The first-order chi connectivity index (χ1) is 9.54. The third-order valence-corrected chi connectivity index (χ3v) is 3.77. The number of aliphatic hydroxyl groups is 4. The van der Waals surface area contributed by atoms with E-state index in [-0.39, 0.29) is 6.61 Å². The Bertz CT molecular complexity index is 623. The standard InChI is InChI=1S/C15H16O5/c16-12-8-20-15(19,14(18)13(12)17)11-7-3-5-9-4-1-2-6-10(9)11/h1-7,12-14,16-19H,8H2/t12-,13+,14-,15?/m1/s1. The van der Waals surface area contributed by atoms with Gasteiger partial charge >= 0.3 is 0 Å². The van der Waals surface area contributed by atoms with E-state index < -0.39 is 24.1 Å². The third kappa shape index (κ3) is 1.91.